The molecule has 5 nitrogen and oxygen atoms in total. The van der Waals surface area contributed by atoms with Gasteiger partial charge < -0.3 is 14.3 Å². The van der Waals surface area contributed by atoms with E-state index in [4.69, 9.17) is 19.3 Å². The summed E-state index contributed by atoms with van der Waals surface area (Å²) in [6, 6.07) is 0.171. The van der Waals surface area contributed by atoms with Crippen LogP contribution in [0.25, 0.3) is 0 Å². The number of hydrogen-bond acceptors (Lipinski definition) is 5. The van der Waals surface area contributed by atoms with E-state index >= 15 is 0 Å². The number of rotatable bonds is 8. The van der Waals surface area contributed by atoms with Gasteiger partial charge in [0, 0.05) is 29.6 Å². The van der Waals surface area contributed by atoms with Gasteiger partial charge in [0.1, 0.15) is 0 Å². The van der Waals surface area contributed by atoms with Crippen LogP contribution >= 0.6 is 0 Å². The van der Waals surface area contributed by atoms with Crippen molar-refractivity contribution in [3.63, 3.8) is 0 Å². The van der Waals surface area contributed by atoms with Gasteiger partial charge in [0.05, 0.1) is 39.1 Å². The molecule has 0 spiro atoms. The third-order valence-electron chi connectivity index (χ3n) is 4.00. The highest BCUT2D eigenvalue weighted by molar-refractivity contribution is 5.87. The lowest BCUT2D eigenvalue weighted by atomic mass is 9.80. The fourth-order valence-corrected chi connectivity index (χ4v) is 3.56. The van der Waals surface area contributed by atoms with E-state index in [9.17, 15) is 0 Å². The lowest BCUT2D eigenvalue weighted by molar-refractivity contribution is -0.249. The molecule has 0 N–H and O–H groups in total. The maximum absolute atomic E-state index is 5.67. The van der Waals surface area contributed by atoms with Gasteiger partial charge in [-0.15, -0.1) is 0 Å². The van der Waals surface area contributed by atoms with Crippen LogP contribution in [-0.4, -0.2) is 60.9 Å². The van der Waals surface area contributed by atoms with Crippen molar-refractivity contribution in [2.45, 2.75) is 84.5 Å². The molecule has 0 radical (unpaired) electrons. The van der Waals surface area contributed by atoms with E-state index in [-0.39, 0.29) is 23.2 Å². The van der Waals surface area contributed by atoms with Gasteiger partial charge in [-0.1, -0.05) is 0 Å². The van der Waals surface area contributed by atoms with Crippen molar-refractivity contribution in [1.29, 1.82) is 0 Å². The zero-order chi connectivity index (χ0) is 17.7. The molecule has 0 bridgehead atoms. The monoisotopic (exact) mass is 328 g/mol. The summed E-state index contributed by atoms with van der Waals surface area (Å²) < 4.78 is 11.1. The molecule has 136 valence electrons. The second-order valence-corrected chi connectivity index (χ2v) is 7.99. The smallest absolute Gasteiger partial charge is 0.0704 e. The molecule has 1 aliphatic rings. The van der Waals surface area contributed by atoms with E-state index in [1.54, 1.807) is 7.11 Å². The molecule has 1 heterocycles. The van der Waals surface area contributed by atoms with Gasteiger partial charge in [-0.2, -0.15) is 5.06 Å². The first-order valence-corrected chi connectivity index (χ1v) is 8.68. The topological polar surface area (TPSA) is 43.3 Å². The van der Waals surface area contributed by atoms with Crippen LogP contribution in [0.5, 0.6) is 0 Å². The summed E-state index contributed by atoms with van der Waals surface area (Å²) in [5.74, 6) is 0. The first kappa shape index (κ1) is 20.6. The van der Waals surface area contributed by atoms with Crippen LogP contribution in [0.1, 0.15) is 61.3 Å². The van der Waals surface area contributed by atoms with Crippen molar-refractivity contribution in [1.82, 2.24) is 5.06 Å². The predicted molar refractivity (Wildman–Crippen MR) is 95.0 cm³/mol. The Hall–Kier alpha value is -0.490. The van der Waals surface area contributed by atoms with Gasteiger partial charge in [0.15, 0.2) is 0 Å². The van der Waals surface area contributed by atoms with Gasteiger partial charge in [-0.3, -0.25) is 4.99 Å². The van der Waals surface area contributed by atoms with E-state index in [2.05, 4.69) is 39.7 Å². The summed E-state index contributed by atoms with van der Waals surface area (Å²) in [5.41, 5.74) is 1.14. The second kappa shape index (κ2) is 8.56. The second-order valence-electron chi connectivity index (χ2n) is 7.99. The summed E-state index contributed by atoms with van der Waals surface area (Å²) in [5, 5.41) is 2.10. The standard InChI is InChI=1S/C18H36N2O3/c1-14(2)23-10-9-22-13-15(3)19-16-11-17(4,5)20(21-8)18(6,7)12-16/h14-15H,9-13H2,1-8H3. The molecular weight excluding hydrogens is 292 g/mol. The minimum absolute atomic E-state index is 0.0545. The highest BCUT2D eigenvalue weighted by Crippen LogP contribution is 2.37. The molecular formula is C18H36N2O3. The fraction of sp³-hybridized carbons (Fsp3) is 0.944. The summed E-state index contributed by atoms with van der Waals surface area (Å²) in [6.07, 6.45) is 2.10. The number of ether oxygens (including phenoxy) is 2. The Morgan fingerprint density at radius 2 is 1.61 bits per heavy atom. The van der Waals surface area contributed by atoms with E-state index in [0.717, 1.165) is 12.8 Å². The number of aliphatic imine (C=N–C) groups is 1. The summed E-state index contributed by atoms with van der Waals surface area (Å²) >= 11 is 0. The summed E-state index contributed by atoms with van der Waals surface area (Å²) in [6.45, 7) is 16.9. The van der Waals surface area contributed by atoms with E-state index in [1.165, 1.54) is 5.71 Å². The minimum atomic E-state index is -0.0545. The van der Waals surface area contributed by atoms with Gasteiger partial charge in [-0.25, -0.2) is 0 Å². The van der Waals surface area contributed by atoms with Crippen molar-refractivity contribution in [2.24, 2.45) is 4.99 Å². The average molecular weight is 328 g/mol. The van der Waals surface area contributed by atoms with Gasteiger partial charge in [0.2, 0.25) is 0 Å². The molecule has 0 amide bonds. The molecule has 1 saturated heterocycles. The highest BCUT2D eigenvalue weighted by Gasteiger charge is 2.44. The number of nitrogens with zero attached hydrogens (tertiary/aromatic N) is 2. The molecule has 0 aliphatic carbocycles. The predicted octanol–water partition coefficient (Wildman–Crippen LogP) is 3.47. The molecule has 0 aromatic rings. The van der Waals surface area contributed by atoms with Crippen LogP contribution < -0.4 is 0 Å². The summed E-state index contributed by atoms with van der Waals surface area (Å²) in [4.78, 5) is 10.5. The molecule has 5 heteroatoms. The van der Waals surface area contributed by atoms with Crippen molar-refractivity contribution >= 4 is 5.71 Å². The van der Waals surface area contributed by atoms with Crippen LogP contribution in [0, 0.1) is 0 Å². The SMILES string of the molecule is CON1C(C)(C)CC(=NC(C)COCCOC(C)C)CC1(C)C. The highest BCUT2D eigenvalue weighted by atomic mass is 16.7. The zero-order valence-electron chi connectivity index (χ0n) is 16.3. The molecule has 1 aliphatic heterocycles. The molecule has 0 aromatic carbocycles. The molecule has 1 rings (SSSR count). The van der Waals surface area contributed by atoms with Crippen LogP contribution in [0.4, 0.5) is 0 Å². The van der Waals surface area contributed by atoms with Crippen LogP contribution in [0.2, 0.25) is 0 Å². The van der Waals surface area contributed by atoms with E-state index in [0.29, 0.717) is 19.8 Å². The molecule has 23 heavy (non-hydrogen) atoms. The Balaban J connectivity index is 2.53. The number of hydroxylamine groups is 2. The average Bonchev–Trinajstić information content (AvgIpc) is 2.35. The van der Waals surface area contributed by atoms with Crippen molar-refractivity contribution in [3.05, 3.63) is 0 Å². The molecule has 0 aromatic heterocycles. The van der Waals surface area contributed by atoms with Gasteiger partial charge >= 0.3 is 0 Å². The van der Waals surface area contributed by atoms with Crippen molar-refractivity contribution in [2.75, 3.05) is 26.9 Å². The largest absolute Gasteiger partial charge is 0.377 e. The minimum Gasteiger partial charge on any atom is -0.377 e. The summed E-state index contributed by atoms with van der Waals surface area (Å²) in [7, 11) is 1.75. The Kier molecular flexibility index (Phi) is 7.65. The van der Waals surface area contributed by atoms with E-state index in [1.807, 2.05) is 13.8 Å². The lowest BCUT2D eigenvalue weighted by Crippen LogP contribution is -2.60. The first-order valence-electron chi connectivity index (χ1n) is 8.68. The Morgan fingerprint density at radius 3 is 2.09 bits per heavy atom. The molecule has 1 fully saturated rings. The Bertz CT molecular complexity index is 372. The molecule has 1 unspecified atom stereocenters. The normalized spacial score (nSPS) is 22.4. The number of piperidine rings is 1. The maximum Gasteiger partial charge on any atom is 0.0704 e. The lowest BCUT2D eigenvalue weighted by Gasteiger charge is -2.51. The van der Waals surface area contributed by atoms with Crippen LogP contribution in [0.3, 0.4) is 0 Å². The third kappa shape index (κ3) is 6.49. The number of hydrogen-bond donors (Lipinski definition) is 0. The van der Waals surface area contributed by atoms with Crippen LogP contribution in [0.15, 0.2) is 4.99 Å². The van der Waals surface area contributed by atoms with E-state index < -0.39 is 0 Å². The van der Waals surface area contributed by atoms with Gasteiger partial charge in [0.25, 0.3) is 0 Å². The third-order valence-corrected chi connectivity index (χ3v) is 4.00. The first-order chi connectivity index (χ1) is 10.6. The molecule has 0 saturated carbocycles. The zero-order valence-corrected chi connectivity index (χ0v) is 16.3. The Labute approximate surface area is 142 Å². The van der Waals surface area contributed by atoms with Crippen LogP contribution in [-0.2, 0) is 14.3 Å². The quantitative estimate of drug-likeness (QED) is 0.640. The molecule has 1 atom stereocenters. The Morgan fingerprint density at radius 1 is 1.04 bits per heavy atom. The van der Waals surface area contributed by atoms with Crippen molar-refractivity contribution in [3.8, 4) is 0 Å². The van der Waals surface area contributed by atoms with Gasteiger partial charge in [-0.05, 0) is 48.5 Å². The fourth-order valence-electron chi connectivity index (χ4n) is 3.56. The van der Waals surface area contributed by atoms with Crippen molar-refractivity contribution < 1.29 is 14.3 Å². The maximum atomic E-state index is 5.67.